The topological polar surface area (TPSA) is 73.9 Å². The van der Waals surface area contributed by atoms with E-state index >= 15 is 0 Å². The van der Waals surface area contributed by atoms with Crippen molar-refractivity contribution < 1.29 is 19.3 Å². The molecule has 3 N–H and O–H groups in total. The molecule has 0 radical (unpaired) electrons. The number of rotatable bonds is 13. The summed E-state index contributed by atoms with van der Waals surface area (Å²) in [6.07, 6.45) is -1.97. The number of benzene rings is 3. The Balaban J connectivity index is 1.61. The molecule has 0 heterocycles. The van der Waals surface area contributed by atoms with Crippen molar-refractivity contribution in [2.45, 2.75) is 38.1 Å². The predicted octanol–water partition coefficient (Wildman–Crippen LogP) is 3.69. The molecule has 164 valence electrons. The number of ether oxygens (including phenoxy) is 3. The Labute approximate surface area is 184 Å². The summed E-state index contributed by atoms with van der Waals surface area (Å²) in [4.78, 5) is 0. The molecular formula is C26H31NO4. The predicted molar refractivity (Wildman–Crippen MR) is 121 cm³/mol. The molecule has 5 heteroatoms. The van der Waals surface area contributed by atoms with Gasteiger partial charge in [-0.3, -0.25) is 0 Å². The van der Waals surface area contributed by atoms with E-state index in [1.54, 1.807) is 0 Å². The first-order chi connectivity index (χ1) is 15.3. The van der Waals surface area contributed by atoms with Gasteiger partial charge in [0.05, 0.1) is 32.5 Å². The third-order valence-corrected chi connectivity index (χ3v) is 4.97. The molecule has 0 unspecified atom stereocenters. The van der Waals surface area contributed by atoms with Gasteiger partial charge in [0.2, 0.25) is 0 Å². The van der Waals surface area contributed by atoms with Gasteiger partial charge in [-0.25, -0.2) is 0 Å². The van der Waals surface area contributed by atoms with Crippen molar-refractivity contribution in [3.63, 3.8) is 0 Å². The second-order valence-electron chi connectivity index (χ2n) is 7.40. The van der Waals surface area contributed by atoms with Gasteiger partial charge in [-0.05, 0) is 16.7 Å². The molecule has 3 atom stereocenters. The third kappa shape index (κ3) is 7.90. The molecule has 0 fully saturated rings. The van der Waals surface area contributed by atoms with Crippen molar-refractivity contribution in [3.05, 3.63) is 108 Å². The van der Waals surface area contributed by atoms with Crippen LogP contribution in [0.25, 0.3) is 0 Å². The minimum absolute atomic E-state index is 0.125. The van der Waals surface area contributed by atoms with E-state index in [1.165, 1.54) is 0 Å². The SMILES string of the molecule is NC[C@@H](OCc1ccccc1)[C@H](OCc1ccccc1)[C@@H](O)COCc1ccccc1. The zero-order chi connectivity index (χ0) is 21.7. The van der Waals surface area contributed by atoms with Gasteiger partial charge in [0.1, 0.15) is 12.2 Å². The molecule has 3 rings (SSSR count). The standard InChI is InChI=1S/C26H31NO4/c27-16-25(30-18-22-12-6-2-7-13-22)26(31-19-23-14-8-3-9-15-23)24(28)20-29-17-21-10-4-1-5-11-21/h1-15,24-26,28H,16-20,27H2/t24-,25+,26+/m0/s1. The molecule has 0 amide bonds. The van der Waals surface area contributed by atoms with Gasteiger partial charge in [0.25, 0.3) is 0 Å². The van der Waals surface area contributed by atoms with E-state index in [0.29, 0.717) is 19.8 Å². The summed E-state index contributed by atoms with van der Waals surface area (Å²) in [6, 6.07) is 29.6. The lowest BCUT2D eigenvalue weighted by Crippen LogP contribution is -2.47. The zero-order valence-corrected chi connectivity index (χ0v) is 17.7. The maximum absolute atomic E-state index is 10.9. The largest absolute Gasteiger partial charge is 0.388 e. The van der Waals surface area contributed by atoms with Gasteiger partial charge in [0, 0.05) is 6.54 Å². The third-order valence-electron chi connectivity index (χ3n) is 4.97. The molecule has 0 saturated heterocycles. The zero-order valence-electron chi connectivity index (χ0n) is 17.7. The van der Waals surface area contributed by atoms with E-state index in [-0.39, 0.29) is 13.2 Å². The number of aliphatic hydroxyl groups excluding tert-OH is 1. The van der Waals surface area contributed by atoms with Crippen LogP contribution in [0.5, 0.6) is 0 Å². The lowest BCUT2D eigenvalue weighted by atomic mass is 10.1. The molecular weight excluding hydrogens is 390 g/mol. The lowest BCUT2D eigenvalue weighted by Gasteiger charge is -2.30. The lowest BCUT2D eigenvalue weighted by molar-refractivity contribution is -0.144. The molecule has 0 aromatic heterocycles. The molecule has 3 aromatic rings. The van der Waals surface area contributed by atoms with Crippen LogP contribution in [0.4, 0.5) is 0 Å². The molecule has 0 saturated carbocycles. The van der Waals surface area contributed by atoms with Crippen molar-refractivity contribution in [1.29, 1.82) is 0 Å². The second kappa shape index (κ2) is 13.0. The van der Waals surface area contributed by atoms with Gasteiger partial charge in [-0.2, -0.15) is 0 Å². The van der Waals surface area contributed by atoms with E-state index in [4.69, 9.17) is 19.9 Å². The molecule has 0 aliphatic heterocycles. The van der Waals surface area contributed by atoms with Gasteiger partial charge in [-0.15, -0.1) is 0 Å². The van der Waals surface area contributed by atoms with Gasteiger partial charge < -0.3 is 25.1 Å². The van der Waals surface area contributed by atoms with Crippen molar-refractivity contribution in [1.82, 2.24) is 0 Å². The summed E-state index contributed by atoms with van der Waals surface area (Å²) < 4.78 is 17.9. The first-order valence-corrected chi connectivity index (χ1v) is 10.6. The fourth-order valence-corrected chi connectivity index (χ4v) is 3.27. The van der Waals surface area contributed by atoms with Crippen LogP contribution in [0.3, 0.4) is 0 Å². The van der Waals surface area contributed by atoms with Crippen LogP contribution < -0.4 is 5.73 Å². The Morgan fingerprint density at radius 2 is 1.10 bits per heavy atom. The van der Waals surface area contributed by atoms with Crippen molar-refractivity contribution in [2.75, 3.05) is 13.2 Å². The van der Waals surface area contributed by atoms with E-state index in [1.807, 2.05) is 91.0 Å². The molecule has 5 nitrogen and oxygen atoms in total. The molecule has 0 aliphatic rings. The monoisotopic (exact) mass is 421 g/mol. The van der Waals surface area contributed by atoms with Crippen LogP contribution in [-0.2, 0) is 34.0 Å². The summed E-state index contributed by atoms with van der Waals surface area (Å²) in [7, 11) is 0. The van der Waals surface area contributed by atoms with Gasteiger partial charge in [-0.1, -0.05) is 91.0 Å². The Morgan fingerprint density at radius 1 is 0.645 bits per heavy atom. The Morgan fingerprint density at radius 3 is 1.58 bits per heavy atom. The van der Waals surface area contributed by atoms with Crippen LogP contribution in [0.2, 0.25) is 0 Å². The van der Waals surface area contributed by atoms with E-state index in [9.17, 15) is 5.11 Å². The average Bonchev–Trinajstić information content (AvgIpc) is 2.83. The Bertz CT molecular complexity index is 845. The Kier molecular flexibility index (Phi) is 9.70. The average molecular weight is 422 g/mol. The van der Waals surface area contributed by atoms with Gasteiger partial charge >= 0.3 is 0 Å². The fourth-order valence-electron chi connectivity index (χ4n) is 3.27. The number of aliphatic hydroxyl groups is 1. The summed E-state index contributed by atoms with van der Waals surface area (Å²) in [5.74, 6) is 0. The summed E-state index contributed by atoms with van der Waals surface area (Å²) in [6.45, 7) is 1.51. The van der Waals surface area contributed by atoms with Crippen LogP contribution in [0.15, 0.2) is 91.0 Å². The molecule has 0 bridgehead atoms. The summed E-state index contributed by atoms with van der Waals surface area (Å²) in [5.41, 5.74) is 9.11. The maximum atomic E-state index is 10.9. The minimum atomic E-state index is -0.878. The number of hydrogen-bond acceptors (Lipinski definition) is 5. The fraction of sp³-hybridized carbons (Fsp3) is 0.308. The highest BCUT2D eigenvalue weighted by atomic mass is 16.6. The number of nitrogens with two attached hydrogens (primary N) is 1. The highest BCUT2D eigenvalue weighted by molar-refractivity contribution is 5.15. The first kappa shape index (κ1) is 23.1. The quantitative estimate of drug-likeness (QED) is 0.440. The van der Waals surface area contributed by atoms with Crippen molar-refractivity contribution >= 4 is 0 Å². The van der Waals surface area contributed by atoms with E-state index < -0.39 is 18.3 Å². The molecule has 0 aliphatic carbocycles. The van der Waals surface area contributed by atoms with Crippen LogP contribution in [-0.4, -0.2) is 36.6 Å². The van der Waals surface area contributed by atoms with Crippen molar-refractivity contribution in [3.8, 4) is 0 Å². The van der Waals surface area contributed by atoms with Crippen LogP contribution >= 0.6 is 0 Å². The maximum Gasteiger partial charge on any atom is 0.113 e. The highest BCUT2D eigenvalue weighted by Crippen LogP contribution is 2.15. The molecule has 0 spiro atoms. The molecule has 3 aromatic carbocycles. The van der Waals surface area contributed by atoms with E-state index in [0.717, 1.165) is 16.7 Å². The summed E-state index contributed by atoms with van der Waals surface area (Å²) in [5, 5.41) is 10.9. The molecule has 31 heavy (non-hydrogen) atoms. The van der Waals surface area contributed by atoms with Crippen LogP contribution in [0, 0.1) is 0 Å². The van der Waals surface area contributed by atoms with E-state index in [2.05, 4.69) is 0 Å². The second-order valence-corrected chi connectivity index (χ2v) is 7.40. The minimum Gasteiger partial charge on any atom is -0.388 e. The van der Waals surface area contributed by atoms with Gasteiger partial charge in [0.15, 0.2) is 0 Å². The Hall–Kier alpha value is -2.54. The van der Waals surface area contributed by atoms with Crippen LogP contribution in [0.1, 0.15) is 16.7 Å². The van der Waals surface area contributed by atoms with Crippen molar-refractivity contribution in [2.24, 2.45) is 5.73 Å². The number of hydrogen-bond donors (Lipinski definition) is 2. The summed E-state index contributed by atoms with van der Waals surface area (Å²) >= 11 is 0. The first-order valence-electron chi connectivity index (χ1n) is 10.6. The smallest absolute Gasteiger partial charge is 0.113 e. The normalized spacial score (nSPS) is 14.1. The highest BCUT2D eigenvalue weighted by Gasteiger charge is 2.30.